The Hall–Kier alpha value is -2.08. The molecule has 0 heteroatoms. The van der Waals surface area contributed by atoms with Crippen LogP contribution in [0.4, 0.5) is 0 Å². The van der Waals surface area contributed by atoms with Gasteiger partial charge in [0, 0.05) is 0 Å². The van der Waals surface area contributed by atoms with Crippen LogP contribution in [-0.2, 0) is 0 Å². The average molecular weight is 217 g/mol. The van der Waals surface area contributed by atoms with Crippen LogP contribution in [-0.4, -0.2) is 0 Å². The topological polar surface area (TPSA) is 0 Å². The van der Waals surface area contributed by atoms with E-state index in [9.17, 15) is 0 Å². The van der Waals surface area contributed by atoms with Crippen molar-refractivity contribution in [1.29, 1.82) is 0 Å². The molecule has 0 N–H and O–H groups in total. The second-order valence-electron chi connectivity index (χ2n) is 4.22. The van der Waals surface area contributed by atoms with Gasteiger partial charge in [0.05, 0.1) is 0 Å². The van der Waals surface area contributed by atoms with Gasteiger partial charge in [-0.05, 0) is 34.4 Å². The molecule has 1 radical (unpaired) electrons. The molecule has 0 fully saturated rings. The van der Waals surface area contributed by atoms with Crippen LogP contribution in [0.2, 0.25) is 0 Å². The number of fused-ring (bicyclic) bond motifs is 1. The Morgan fingerprint density at radius 1 is 0.647 bits per heavy atom. The highest BCUT2D eigenvalue weighted by atomic mass is 14.1. The minimum absolute atomic E-state index is 1.05. The molecule has 81 valence electrons. The van der Waals surface area contributed by atoms with E-state index in [0.717, 1.165) is 5.56 Å². The van der Waals surface area contributed by atoms with Gasteiger partial charge in [0.25, 0.3) is 0 Å². The van der Waals surface area contributed by atoms with Crippen molar-refractivity contribution in [3.05, 3.63) is 79.2 Å². The molecule has 0 spiro atoms. The van der Waals surface area contributed by atoms with Crippen molar-refractivity contribution >= 4 is 10.8 Å². The van der Waals surface area contributed by atoms with Crippen molar-refractivity contribution in [2.75, 3.05) is 0 Å². The third-order valence-electron chi connectivity index (χ3n) is 3.05. The molecule has 0 amide bonds. The Kier molecular flexibility index (Phi) is 2.41. The third kappa shape index (κ3) is 1.83. The van der Waals surface area contributed by atoms with E-state index in [1.54, 1.807) is 0 Å². The van der Waals surface area contributed by atoms with E-state index < -0.39 is 0 Å². The molecule has 0 atom stereocenters. The van der Waals surface area contributed by atoms with E-state index >= 15 is 0 Å². The first kappa shape index (κ1) is 10.1. The van der Waals surface area contributed by atoms with E-state index in [4.69, 9.17) is 0 Å². The van der Waals surface area contributed by atoms with Crippen LogP contribution in [0.1, 0.15) is 5.56 Å². The van der Waals surface area contributed by atoms with Crippen LogP contribution in [0.3, 0.4) is 0 Å². The van der Waals surface area contributed by atoms with Crippen molar-refractivity contribution in [2.24, 2.45) is 0 Å². The smallest absolute Gasteiger partial charge is 0.0105 e. The van der Waals surface area contributed by atoms with Gasteiger partial charge in [-0.2, -0.15) is 0 Å². The van der Waals surface area contributed by atoms with Crippen LogP contribution in [0, 0.1) is 6.92 Å². The summed E-state index contributed by atoms with van der Waals surface area (Å²) in [5.41, 5.74) is 3.58. The fourth-order valence-electron chi connectivity index (χ4n) is 2.16. The first-order valence-corrected chi connectivity index (χ1v) is 5.75. The van der Waals surface area contributed by atoms with Gasteiger partial charge < -0.3 is 0 Å². The average Bonchev–Trinajstić information content (AvgIpc) is 2.39. The third-order valence-corrected chi connectivity index (χ3v) is 3.05. The molecular formula is C17H13. The van der Waals surface area contributed by atoms with Crippen LogP contribution in [0.25, 0.3) is 21.9 Å². The SMILES string of the molecule is [CH2]c1ccc(-c2cccc3ccccc23)cc1. The van der Waals surface area contributed by atoms with Gasteiger partial charge >= 0.3 is 0 Å². The van der Waals surface area contributed by atoms with Gasteiger partial charge in [0.2, 0.25) is 0 Å². The molecule has 0 aliphatic rings. The maximum absolute atomic E-state index is 3.92. The summed E-state index contributed by atoms with van der Waals surface area (Å²) in [5.74, 6) is 0. The number of hydrogen-bond donors (Lipinski definition) is 0. The molecule has 0 heterocycles. The lowest BCUT2D eigenvalue weighted by atomic mass is 9.98. The number of rotatable bonds is 1. The molecule has 0 saturated heterocycles. The van der Waals surface area contributed by atoms with Crippen LogP contribution in [0.15, 0.2) is 66.7 Å². The van der Waals surface area contributed by atoms with Crippen molar-refractivity contribution in [3.63, 3.8) is 0 Å². The standard InChI is InChI=1S/C17H13/c1-13-9-11-15(12-10-13)17-8-4-6-14-5-2-3-7-16(14)17/h2-12H,1H2. The minimum atomic E-state index is 1.05. The van der Waals surface area contributed by atoms with Gasteiger partial charge in [-0.25, -0.2) is 0 Å². The Labute approximate surface area is 102 Å². The first-order chi connectivity index (χ1) is 8.34. The zero-order valence-electron chi connectivity index (χ0n) is 9.56. The molecule has 0 aliphatic carbocycles. The number of hydrogen-bond acceptors (Lipinski definition) is 0. The predicted molar refractivity (Wildman–Crippen MR) is 73.8 cm³/mol. The summed E-state index contributed by atoms with van der Waals surface area (Å²) in [6.45, 7) is 3.92. The van der Waals surface area contributed by atoms with Crippen LogP contribution >= 0.6 is 0 Å². The van der Waals surface area contributed by atoms with E-state index in [1.807, 2.05) is 0 Å². The maximum Gasteiger partial charge on any atom is -0.0105 e. The Morgan fingerprint density at radius 3 is 2.18 bits per heavy atom. The lowest BCUT2D eigenvalue weighted by molar-refractivity contribution is 1.59. The molecule has 0 unspecified atom stereocenters. The second-order valence-corrected chi connectivity index (χ2v) is 4.22. The Balaban J connectivity index is 2.27. The summed E-state index contributed by atoms with van der Waals surface area (Å²) in [5, 5.41) is 2.58. The van der Waals surface area contributed by atoms with E-state index in [-0.39, 0.29) is 0 Å². The van der Waals surface area contributed by atoms with Crippen molar-refractivity contribution in [3.8, 4) is 11.1 Å². The molecule has 0 aromatic heterocycles. The summed E-state index contributed by atoms with van der Waals surface area (Å²) in [6.07, 6.45) is 0. The van der Waals surface area contributed by atoms with E-state index in [2.05, 4.69) is 73.7 Å². The highest BCUT2D eigenvalue weighted by molar-refractivity contribution is 5.96. The first-order valence-electron chi connectivity index (χ1n) is 5.75. The van der Waals surface area contributed by atoms with Gasteiger partial charge in [-0.3, -0.25) is 0 Å². The van der Waals surface area contributed by atoms with Gasteiger partial charge in [-0.1, -0.05) is 66.7 Å². The van der Waals surface area contributed by atoms with Crippen molar-refractivity contribution in [2.45, 2.75) is 0 Å². The summed E-state index contributed by atoms with van der Waals surface area (Å²) in [4.78, 5) is 0. The molecule has 3 aromatic rings. The summed E-state index contributed by atoms with van der Waals surface area (Å²) >= 11 is 0. The molecule has 0 aliphatic heterocycles. The molecule has 0 bridgehead atoms. The zero-order chi connectivity index (χ0) is 11.7. The quantitative estimate of drug-likeness (QED) is 0.554. The Morgan fingerprint density at radius 2 is 1.35 bits per heavy atom. The van der Waals surface area contributed by atoms with Crippen LogP contribution < -0.4 is 0 Å². The monoisotopic (exact) mass is 217 g/mol. The highest BCUT2D eigenvalue weighted by Crippen LogP contribution is 2.28. The highest BCUT2D eigenvalue weighted by Gasteiger charge is 2.02. The van der Waals surface area contributed by atoms with Crippen LogP contribution in [0.5, 0.6) is 0 Å². The van der Waals surface area contributed by atoms with Gasteiger partial charge in [0.1, 0.15) is 0 Å². The zero-order valence-corrected chi connectivity index (χ0v) is 9.56. The minimum Gasteiger partial charge on any atom is -0.0616 e. The molecule has 0 nitrogen and oxygen atoms in total. The number of benzene rings is 3. The van der Waals surface area contributed by atoms with Gasteiger partial charge in [0.15, 0.2) is 0 Å². The molecular weight excluding hydrogens is 204 g/mol. The van der Waals surface area contributed by atoms with Crippen molar-refractivity contribution in [1.82, 2.24) is 0 Å². The summed E-state index contributed by atoms with van der Waals surface area (Å²) in [7, 11) is 0. The molecule has 17 heavy (non-hydrogen) atoms. The van der Waals surface area contributed by atoms with E-state index in [1.165, 1.54) is 21.9 Å². The second kappa shape index (κ2) is 4.06. The lowest BCUT2D eigenvalue weighted by Crippen LogP contribution is -1.81. The Bertz CT molecular complexity index is 643. The predicted octanol–water partition coefficient (Wildman–Crippen LogP) is 4.69. The van der Waals surface area contributed by atoms with E-state index in [0.29, 0.717) is 0 Å². The fourth-order valence-corrected chi connectivity index (χ4v) is 2.16. The molecule has 3 rings (SSSR count). The molecule has 3 aromatic carbocycles. The normalized spacial score (nSPS) is 10.6. The van der Waals surface area contributed by atoms with Gasteiger partial charge in [-0.15, -0.1) is 0 Å². The maximum atomic E-state index is 3.92. The lowest BCUT2D eigenvalue weighted by Gasteiger charge is -2.07. The summed E-state index contributed by atoms with van der Waals surface area (Å²) < 4.78 is 0. The van der Waals surface area contributed by atoms with Crippen molar-refractivity contribution < 1.29 is 0 Å². The fraction of sp³-hybridized carbons (Fsp3) is 0. The molecule has 0 saturated carbocycles. The largest absolute Gasteiger partial charge is 0.0616 e. The summed E-state index contributed by atoms with van der Waals surface area (Å²) in [6, 6.07) is 23.3.